The predicted molar refractivity (Wildman–Crippen MR) is 99.8 cm³/mol. The van der Waals surface area contributed by atoms with Gasteiger partial charge in [0.15, 0.2) is 0 Å². The van der Waals surface area contributed by atoms with Crippen molar-refractivity contribution in [2.75, 3.05) is 33.4 Å². The first-order valence-electron chi connectivity index (χ1n) is 9.06. The van der Waals surface area contributed by atoms with Crippen molar-refractivity contribution in [2.45, 2.75) is 5.92 Å². The molecule has 5 nitrogen and oxygen atoms in total. The standard InChI is InChI=1S/C21H22F2N2O3/c1-28-10-9-24-20(26)19-13-25(21(27)14-5-7-16(22)8-6-14)12-18(19)15-3-2-4-17(23)11-15/h2-8,11,18-19H,9-10,12-13H2,1H3,(H,24,26). The Kier molecular flexibility index (Phi) is 6.36. The highest BCUT2D eigenvalue weighted by Gasteiger charge is 2.40. The monoisotopic (exact) mass is 388 g/mol. The highest BCUT2D eigenvalue weighted by molar-refractivity contribution is 5.95. The van der Waals surface area contributed by atoms with Gasteiger partial charge in [-0.15, -0.1) is 0 Å². The minimum Gasteiger partial charge on any atom is -0.383 e. The molecule has 7 heteroatoms. The number of amides is 2. The Balaban J connectivity index is 1.82. The molecule has 0 bridgehead atoms. The van der Waals surface area contributed by atoms with E-state index in [1.54, 1.807) is 24.1 Å². The molecule has 0 radical (unpaired) electrons. The van der Waals surface area contributed by atoms with E-state index >= 15 is 0 Å². The van der Waals surface area contributed by atoms with Gasteiger partial charge >= 0.3 is 0 Å². The van der Waals surface area contributed by atoms with Crippen LogP contribution in [0.15, 0.2) is 48.5 Å². The fourth-order valence-corrected chi connectivity index (χ4v) is 3.49. The molecule has 148 valence electrons. The third-order valence-corrected chi connectivity index (χ3v) is 4.92. The topological polar surface area (TPSA) is 58.6 Å². The Labute approximate surface area is 162 Å². The second-order valence-electron chi connectivity index (χ2n) is 6.77. The lowest BCUT2D eigenvalue weighted by Crippen LogP contribution is -2.37. The zero-order chi connectivity index (χ0) is 20.1. The summed E-state index contributed by atoms with van der Waals surface area (Å²) in [6.07, 6.45) is 0. The molecule has 0 saturated carbocycles. The van der Waals surface area contributed by atoms with Crippen LogP contribution < -0.4 is 5.32 Å². The molecule has 2 amide bonds. The Morgan fingerprint density at radius 1 is 1.11 bits per heavy atom. The molecule has 1 fully saturated rings. The van der Waals surface area contributed by atoms with Crippen LogP contribution >= 0.6 is 0 Å². The quantitative estimate of drug-likeness (QED) is 0.774. The van der Waals surface area contributed by atoms with E-state index in [2.05, 4.69) is 5.32 Å². The molecule has 3 rings (SSSR count). The smallest absolute Gasteiger partial charge is 0.253 e. The molecule has 2 aromatic carbocycles. The molecule has 2 atom stereocenters. The van der Waals surface area contributed by atoms with Crippen LogP contribution in [0.2, 0.25) is 0 Å². The molecule has 1 aliphatic heterocycles. The molecule has 1 saturated heterocycles. The second kappa shape index (κ2) is 8.93. The number of benzene rings is 2. The molecule has 2 unspecified atom stereocenters. The third kappa shape index (κ3) is 4.54. The van der Waals surface area contributed by atoms with Gasteiger partial charge in [-0.25, -0.2) is 8.78 Å². The summed E-state index contributed by atoms with van der Waals surface area (Å²) in [5, 5.41) is 2.80. The van der Waals surface area contributed by atoms with Gasteiger partial charge in [0.2, 0.25) is 5.91 Å². The molecule has 0 aliphatic carbocycles. The van der Waals surface area contributed by atoms with E-state index in [1.807, 2.05) is 0 Å². The van der Waals surface area contributed by atoms with Crippen molar-refractivity contribution in [1.82, 2.24) is 10.2 Å². The van der Waals surface area contributed by atoms with Gasteiger partial charge in [-0.05, 0) is 42.0 Å². The molecule has 1 aliphatic rings. The average molecular weight is 388 g/mol. The lowest BCUT2D eigenvalue weighted by Gasteiger charge is -2.18. The number of likely N-dealkylation sites (tertiary alicyclic amines) is 1. The molecular weight excluding hydrogens is 366 g/mol. The third-order valence-electron chi connectivity index (χ3n) is 4.92. The van der Waals surface area contributed by atoms with Crippen molar-refractivity contribution in [3.05, 3.63) is 71.3 Å². The Morgan fingerprint density at radius 3 is 2.54 bits per heavy atom. The molecule has 1 heterocycles. The number of methoxy groups -OCH3 is 1. The number of hydrogen-bond acceptors (Lipinski definition) is 3. The molecule has 1 N–H and O–H groups in total. The van der Waals surface area contributed by atoms with Crippen molar-refractivity contribution in [1.29, 1.82) is 0 Å². The Hall–Kier alpha value is -2.80. The Morgan fingerprint density at radius 2 is 1.86 bits per heavy atom. The van der Waals surface area contributed by atoms with E-state index < -0.39 is 11.7 Å². The van der Waals surface area contributed by atoms with Gasteiger partial charge in [0, 0.05) is 38.2 Å². The molecule has 2 aromatic rings. The van der Waals surface area contributed by atoms with Crippen molar-refractivity contribution in [2.24, 2.45) is 5.92 Å². The van der Waals surface area contributed by atoms with Crippen LogP contribution in [0.1, 0.15) is 21.8 Å². The van der Waals surface area contributed by atoms with Gasteiger partial charge in [-0.3, -0.25) is 9.59 Å². The number of hydrogen-bond donors (Lipinski definition) is 1. The summed E-state index contributed by atoms with van der Waals surface area (Å²) in [4.78, 5) is 27.1. The van der Waals surface area contributed by atoms with Gasteiger partial charge in [-0.1, -0.05) is 12.1 Å². The van der Waals surface area contributed by atoms with Crippen LogP contribution in [0.5, 0.6) is 0 Å². The first-order valence-corrected chi connectivity index (χ1v) is 9.06. The number of rotatable bonds is 6. The number of carbonyl (C=O) groups excluding carboxylic acids is 2. The number of nitrogens with one attached hydrogen (secondary N) is 1. The maximum Gasteiger partial charge on any atom is 0.253 e. The summed E-state index contributed by atoms with van der Waals surface area (Å²) < 4.78 is 31.8. The highest BCUT2D eigenvalue weighted by atomic mass is 19.1. The summed E-state index contributed by atoms with van der Waals surface area (Å²) in [6, 6.07) is 11.4. The number of halogens is 2. The normalized spacial score (nSPS) is 18.9. The van der Waals surface area contributed by atoms with Crippen LogP contribution in [-0.4, -0.2) is 50.1 Å². The van der Waals surface area contributed by atoms with Gasteiger partial charge in [0.05, 0.1) is 12.5 Å². The Bertz CT molecular complexity index is 842. The van der Waals surface area contributed by atoms with Crippen molar-refractivity contribution in [3.63, 3.8) is 0 Å². The fraction of sp³-hybridized carbons (Fsp3) is 0.333. The van der Waals surface area contributed by atoms with Crippen LogP contribution in [0.25, 0.3) is 0 Å². The molecule has 0 spiro atoms. The van der Waals surface area contributed by atoms with Gasteiger partial charge < -0.3 is 15.0 Å². The molecular formula is C21H22F2N2O3. The summed E-state index contributed by atoms with van der Waals surface area (Å²) in [5.74, 6) is -2.15. The lowest BCUT2D eigenvalue weighted by molar-refractivity contribution is -0.125. The van der Waals surface area contributed by atoms with Crippen molar-refractivity contribution >= 4 is 11.8 Å². The van der Waals surface area contributed by atoms with Crippen LogP contribution in [0, 0.1) is 17.6 Å². The van der Waals surface area contributed by atoms with E-state index in [4.69, 9.17) is 4.74 Å². The number of ether oxygens (including phenoxy) is 1. The predicted octanol–water partition coefficient (Wildman–Crippen LogP) is 2.58. The maximum atomic E-state index is 13.7. The highest BCUT2D eigenvalue weighted by Crippen LogP contribution is 2.34. The molecule has 28 heavy (non-hydrogen) atoms. The number of carbonyl (C=O) groups is 2. The van der Waals surface area contributed by atoms with Crippen molar-refractivity contribution in [3.8, 4) is 0 Å². The minimum atomic E-state index is -0.511. The average Bonchev–Trinajstić information content (AvgIpc) is 3.14. The van der Waals surface area contributed by atoms with Crippen LogP contribution in [-0.2, 0) is 9.53 Å². The first-order chi connectivity index (χ1) is 13.5. The second-order valence-corrected chi connectivity index (χ2v) is 6.77. The van der Waals surface area contributed by atoms with E-state index in [9.17, 15) is 18.4 Å². The summed E-state index contributed by atoms with van der Waals surface area (Å²) in [5.41, 5.74) is 1.01. The van der Waals surface area contributed by atoms with E-state index in [1.165, 1.54) is 36.4 Å². The minimum absolute atomic E-state index is 0.205. The zero-order valence-electron chi connectivity index (χ0n) is 15.5. The van der Waals surface area contributed by atoms with Gasteiger partial charge in [0.25, 0.3) is 5.91 Å². The van der Waals surface area contributed by atoms with Crippen LogP contribution in [0.4, 0.5) is 8.78 Å². The lowest BCUT2D eigenvalue weighted by atomic mass is 9.88. The van der Waals surface area contributed by atoms with Crippen molar-refractivity contribution < 1.29 is 23.1 Å². The zero-order valence-corrected chi connectivity index (χ0v) is 15.5. The fourth-order valence-electron chi connectivity index (χ4n) is 3.49. The van der Waals surface area contributed by atoms with E-state index in [-0.39, 0.29) is 36.6 Å². The summed E-state index contributed by atoms with van der Waals surface area (Å²) in [7, 11) is 1.54. The van der Waals surface area contributed by atoms with Crippen LogP contribution in [0.3, 0.4) is 0 Å². The largest absolute Gasteiger partial charge is 0.383 e. The maximum absolute atomic E-state index is 13.7. The van der Waals surface area contributed by atoms with E-state index in [0.717, 1.165) is 0 Å². The van der Waals surface area contributed by atoms with E-state index in [0.29, 0.717) is 24.3 Å². The van der Waals surface area contributed by atoms with Gasteiger partial charge in [0.1, 0.15) is 11.6 Å². The van der Waals surface area contributed by atoms with Gasteiger partial charge in [-0.2, -0.15) is 0 Å². The molecule has 0 aromatic heterocycles. The summed E-state index contributed by atoms with van der Waals surface area (Å²) >= 11 is 0. The number of nitrogens with zero attached hydrogens (tertiary/aromatic N) is 1. The summed E-state index contributed by atoms with van der Waals surface area (Å²) in [6.45, 7) is 1.22. The first kappa shape index (κ1) is 19.9. The SMILES string of the molecule is COCCNC(=O)C1CN(C(=O)c2ccc(F)cc2)CC1c1cccc(F)c1.